The van der Waals surface area contributed by atoms with Crippen LogP contribution in [-0.2, 0) is 18.3 Å². The molecule has 2 unspecified atom stereocenters. The average Bonchev–Trinajstić information content (AvgIpc) is 2.71. The van der Waals surface area contributed by atoms with E-state index < -0.39 is 20.1 Å². The van der Waals surface area contributed by atoms with Gasteiger partial charge in [-0.25, -0.2) is 8.96 Å². The Morgan fingerprint density at radius 3 is 1.67 bits per heavy atom. The van der Waals surface area contributed by atoms with Crippen molar-refractivity contribution in [3.63, 3.8) is 0 Å². The minimum atomic E-state index is -4.26. The van der Waals surface area contributed by atoms with Crippen LogP contribution in [0.25, 0.3) is 0 Å². The van der Waals surface area contributed by atoms with Gasteiger partial charge in [0.15, 0.2) is 5.67 Å². The molecule has 0 saturated carbocycles. The predicted molar refractivity (Wildman–Crippen MR) is 135 cm³/mol. The molecule has 0 saturated heterocycles. The number of hydrogen-bond donors (Lipinski definition) is 1. The number of likely N-dealkylation sites (N-methyl/N-ethyl adjacent to an activating group) is 1. The Morgan fingerprint density at radius 2 is 1.21 bits per heavy atom. The molecule has 0 aliphatic carbocycles. The highest BCUT2D eigenvalue weighted by molar-refractivity contribution is 7.47. The third-order valence-corrected chi connectivity index (χ3v) is 6.55. The molecule has 0 fully saturated rings. The number of unbranched alkanes of at least 4 members (excludes halogenated alkanes) is 13. The van der Waals surface area contributed by atoms with Gasteiger partial charge in [-0.05, 0) is 13.3 Å². The van der Waals surface area contributed by atoms with Crippen LogP contribution in [0.5, 0.6) is 0 Å². The van der Waals surface area contributed by atoms with E-state index in [9.17, 15) is 13.8 Å². The summed E-state index contributed by atoms with van der Waals surface area (Å²) in [5.74, 6) is 0. The molecule has 1 N–H and O–H groups in total. The molecule has 0 aliphatic heterocycles. The van der Waals surface area contributed by atoms with Gasteiger partial charge in [0.1, 0.15) is 13.2 Å². The van der Waals surface area contributed by atoms with Crippen molar-refractivity contribution in [1.29, 1.82) is 0 Å². The topological polar surface area (TPSA) is 65.0 Å². The van der Waals surface area contributed by atoms with Crippen molar-refractivity contribution < 1.29 is 32.1 Å². The van der Waals surface area contributed by atoms with E-state index in [4.69, 9.17) is 13.8 Å². The zero-order chi connectivity index (χ0) is 25.1. The highest BCUT2D eigenvalue weighted by atomic mass is 31.2. The van der Waals surface area contributed by atoms with Gasteiger partial charge in [0.25, 0.3) is 0 Å². The molecule has 8 heteroatoms. The molecule has 200 valence electrons. The summed E-state index contributed by atoms with van der Waals surface area (Å²) in [7, 11) is 1.58. The lowest BCUT2D eigenvalue weighted by Gasteiger charge is -2.25. The Kier molecular flexibility index (Phi) is 19.2. The Balaban J connectivity index is 3.56. The van der Waals surface area contributed by atoms with Gasteiger partial charge in [0.05, 0.1) is 34.4 Å². The molecule has 0 spiro atoms. The van der Waals surface area contributed by atoms with Crippen LogP contribution in [0.1, 0.15) is 104 Å². The van der Waals surface area contributed by atoms with Crippen molar-refractivity contribution in [1.82, 2.24) is 0 Å². The Labute approximate surface area is 203 Å². The van der Waals surface area contributed by atoms with E-state index in [2.05, 4.69) is 6.92 Å². The van der Waals surface area contributed by atoms with E-state index in [1.165, 1.54) is 84.0 Å². The smallest absolute Gasteiger partial charge is 0.378 e. The minimum absolute atomic E-state index is 0.0654. The van der Waals surface area contributed by atoms with E-state index in [0.717, 1.165) is 12.8 Å². The maximum absolute atomic E-state index is 14.5. The second-order valence-corrected chi connectivity index (χ2v) is 12.1. The molecule has 0 bridgehead atoms. The minimum Gasteiger partial charge on any atom is -0.378 e. The number of quaternary nitrogens is 1. The molecular formula is C25H54FNO5P+. The van der Waals surface area contributed by atoms with Crippen LogP contribution in [0.3, 0.4) is 0 Å². The zero-order valence-electron chi connectivity index (χ0n) is 22.3. The van der Waals surface area contributed by atoms with Gasteiger partial charge in [0.2, 0.25) is 0 Å². The summed E-state index contributed by atoms with van der Waals surface area (Å²) in [4.78, 5) is 9.68. The lowest BCUT2D eigenvalue weighted by molar-refractivity contribution is -0.870. The van der Waals surface area contributed by atoms with Gasteiger partial charge in [0, 0.05) is 6.61 Å². The quantitative estimate of drug-likeness (QED) is 0.0877. The molecule has 0 rings (SSSR count). The highest BCUT2D eigenvalue weighted by Gasteiger charge is 2.31. The number of phosphoric ester groups is 1. The normalized spacial score (nSPS) is 16.0. The maximum Gasteiger partial charge on any atom is 0.472 e. The summed E-state index contributed by atoms with van der Waals surface area (Å²) in [5, 5.41) is 0. The second-order valence-electron chi connectivity index (χ2n) is 10.7. The van der Waals surface area contributed by atoms with Crippen LogP contribution >= 0.6 is 7.82 Å². The fourth-order valence-corrected chi connectivity index (χ4v) is 4.23. The first-order valence-electron chi connectivity index (χ1n) is 13.2. The molecular weight excluding hydrogens is 444 g/mol. The summed E-state index contributed by atoms with van der Waals surface area (Å²) in [5.41, 5.74) is -1.84. The molecule has 0 radical (unpaired) electrons. The van der Waals surface area contributed by atoms with E-state index >= 15 is 0 Å². The molecule has 0 aromatic heterocycles. The number of nitrogens with zero attached hydrogens (tertiary/aromatic N) is 1. The second kappa shape index (κ2) is 19.2. The number of phosphoric acid groups is 1. The zero-order valence-corrected chi connectivity index (χ0v) is 23.2. The summed E-state index contributed by atoms with van der Waals surface area (Å²) >= 11 is 0. The third kappa shape index (κ3) is 24.9. The predicted octanol–water partition coefficient (Wildman–Crippen LogP) is 7.05. The maximum atomic E-state index is 14.5. The molecule has 33 heavy (non-hydrogen) atoms. The van der Waals surface area contributed by atoms with E-state index in [1.54, 1.807) is 0 Å². The van der Waals surface area contributed by atoms with E-state index in [1.807, 2.05) is 21.1 Å². The lowest BCUT2D eigenvalue weighted by atomic mass is 10.0. The number of ether oxygens (including phenoxy) is 1. The van der Waals surface area contributed by atoms with Crippen LogP contribution in [0.4, 0.5) is 4.39 Å². The first kappa shape index (κ1) is 33.0. The standard InChI is InChI=1S/C25H53FNO5P/c1-6-7-8-9-10-11-12-13-14-15-16-17-18-19-21-30-23-25(2,26)24-32-33(28,29)31-22-20-27(3,4)5/h6-24H2,1-5H3/p+1. The summed E-state index contributed by atoms with van der Waals surface area (Å²) in [6.07, 6.45) is 18.1. The average molecular weight is 499 g/mol. The van der Waals surface area contributed by atoms with Crippen LogP contribution in [0.2, 0.25) is 0 Å². The monoisotopic (exact) mass is 498 g/mol. The van der Waals surface area contributed by atoms with Crippen molar-refractivity contribution >= 4 is 7.82 Å². The van der Waals surface area contributed by atoms with Crippen molar-refractivity contribution in [2.45, 2.75) is 109 Å². The van der Waals surface area contributed by atoms with Crippen LogP contribution in [0, 0.1) is 0 Å². The molecule has 0 aromatic rings. The van der Waals surface area contributed by atoms with Crippen LogP contribution in [0.15, 0.2) is 0 Å². The fourth-order valence-electron chi connectivity index (χ4n) is 3.41. The summed E-state index contributed by atoms with van der Waals surface area (Å²) < 4.78 is 42.1. The van der Waals surface area contributed by atoms with Gasteiger partial charge in [-0.1, -0.05) is 90.4 Å². The molecule has 0 aliphatic rings. The van der Waals surface area contributed by atoms with Crippen molar-refractivity contribution in [3.05, 3.63) is 0 Å². The first-order chi connectivity index (χ1) is 15.5. The van der Waals surface area contributed by atoms with Crippen LogP contribution < -0.4 is 0 Å². The first-order valence-corrected chi connectivity index (χ1v) is 14.7. The van der Waals surface area contributed by atoms with Gasteiger partial charge in [-0.15, -0.1) is 0 Å². The Hall–Kier alpha value is -0.0400. The molecule has 2 atom stereocenters. The van der Waals surface area contributed by atoms with Crippen molar-refractivity contribution in [3.8, 4) is 0 Å². The molecule has 0 heterocycles. The third-order valence-electron chi connectivity index (χ3n) is 5.59. The Morgan fingerprint density at radius 1 is 0.758 bits per heavy atom. The number of halogens is 1. The van der Waals surface area contributed by atoms with Gasteiger partial charge >= 0.3 is 7.82 Å². The number of hydrogen-bond acceptors (Lipinski definition) is 4. The molecule has 6 nitrogen and oxygen atoms in total. The van der Waals surface area contributed by atoms with Crippen molar-refractivity contribution in [2.75, 3.05) is 54.1 Å². The van der Waals surface area contributed by atoms with E-state index in [-0.39, 0.29) is 13.2 Å². The highest BCUT2D eigenvalue weighted by Crippen LogP contribution is 2.44. The summed E-state index contributed by atoms with van der Waals surface area (Å²) in [6, 6.07) is 0. The van der Waals surface area contributed by atoms with Gasteiger partial charge < -0.3 is 14.1 Å². The summed E-state index contributed by atoms with van der Waals surface area (Å²) in [6.45, 7) is 3.97. The lowest BCUT2D eigenvalue weighted by Crippen LogP contribution is -2.37. The van der Waals surface area contributed by atoms with Crippen molar-refractivity contribution in [2.24, 2.45) is 0 Å². The number of alkyl halides is 1. The SMILES string of the molecule is CCCCCCCCCCCCCCCCOCC(C)(F)COP(=O)(O)OCC[N+](C)(C)C. The largest absolute Gasteiger partial charge is 0.472 e. The van der Waals surface area contributed by atoms with Gasteiger partial charge in [-0.2, -0.15) is 0 Å². The number of rotatable bonds is 24. The van der Waals surface area contributed by atoms with E-state index in [0.29, 0.717) is 17.6 Å². The van der Waals surface area contributed by atoms with Crippen LogP contribution in [-0.4, -0.2) is 69.2 Å². The molecule has 0 amide bonds. The molecule has 0 aromatic carbocycles. The van der Waals surface area contributed by atoms with Gasteiger partial charge in [-0.3, -0.25) is 9.05 Å². The Bertz CT molecular complexity index is 500. The fraction of sp³-hybridized carbons (Fsp3) is 1.00.